The number of ether oxygens (including phenoxy) is 1. The van der Waals surface area contributed by atoms with Gasteiger partial charge in [0.25, 0.3) is 5.91 Å². The van der Waals surface area contributed by atoms with Crippen LogP contribution in [-0.4, -0.2) is 37.2 Å². The monoisotopic (exact) mass is 297 g/mol. The van der Waals surface area contributed by atoms with Crippen LogP contribution in [0.25, 0.3) is 11.3 Å². The number of nitrogens with two attached hydrogens (primary N) is 1. The van der Waals surface area contributed by atoms with E-state index in [-0.39, 0.29) is 0 Å². The van der Waals surface area contributed by atoms with Gasteiger partial charge < -0.3 is 15.4 Å². The molecule has 22 heavy (non-hydrogen) atoms. The topological polar surface area (TPSA) is 68.5 Å². The Morgan fingerprint density at radius 1 is 1.14 bits per heavy atom. The number of aryl methyl sites for hydroxylation is 1. The third-order valence-corrected chi connectivity index (χ3v) is 3.81. The van der Waals surface area contributed by atoms with Gasteiger partial charge in [-0.05, 0) is 19.1 Å². The molecule has 1 saturated heterocycles. The number of rotatable bonds is 3. The molecule has 1 aromatic heterocycles. The highest BCUT2D eigenvalue weighted by molar-refractivity contribution is 5.99. The molecule has 1 fully saturated rings. The largest absolute Gasteiger partial charge is 0.378 e. The summed E-state index contributed by atoms with van der Waals surface area (Å²) in [5, 5.41) is 0. The van der Waals surface area contributed by atoms with E-state index in [1.165, 1.54) is 0 Å². The molecular formula is C17H19N3O2. The molecule has 0 bridgehead atoms. The molecule has 1 aromatic carbocycles. The molecule has 0 radical (unpaired) electrons. The number of carbonyl (C=O) groups is 1. The average molecular weight is 297 g/mol. The van der Waals surface area contributed by atoms with Crippen LogP contribution >= 0.6 is 0 Å². The highest BCUT2D eigenvalue weighted by Crippen LogP contribution is 2.25. The molecule has 0 aliphatic carbocycles. The van der Waals surface area contributed by atoms with E-state index in [0.717, 1.165) is 30.0 Å². The SMILES string of the molecule is Cc1ccc(-c2nc(N3CCOCC3)ccc2C(N)=O)cc1. The molecule has 0 saturated carbocycles. The van der Waals surface area contributed by atoms with Crippen LogP contribution in [0.15, 0.2) is 36.4 Å². The van der Waals surface area contributed by atoms with Gasteiger partial charge in [-0.3, -0.25) is 4.79 Å². The summed E-state index contributed by atoms with van der Waals surface area (Å²) < 4.78 is 5.37. The van der Waals surface area contributed by atoms with Crippen molar-refractivity contribution in [2.24, 2.45) is 5.73 Å². The van der Waals surface area contributed by atoms with E-state index in [1.54, 1.807) is 6.07 Å². The summed E-state index contributed by atoms with van der Waals surface area (Å²) in [6, 6.07) is 11.5. The number of pyridine rings is 1. The third-order valence-electron chi connectivity index (χ3n) is 3.81. The van der Waals surface area contributed by atoms with Gasteiger partial charge in [-0.1, -0.05) is 29.8 Å². The Labute approximate surface area is 129 Å². The number of morpholine rings is 1. The Morgan fingerprint density at radius 2 is 1.82 bits per heavy atom. The van der Waals surface area contributed by atoms with Crippen LogP contribution in [0.3, 0.4) is 0 Å². The minimum Gasteiger partial charge on any atom is -0.378 e. The molecule has 5 nitrogen and oxygen atoms in total. The Balaban J connectivity index is 2.04. The molecule has 3 rings (SSSR count). The van der Waals surface area contributed by atoms with Crippen LogP contribution in [-0.2, 0) is 4.74 Å². The summed E-state index contributed by atoms with van der Waals surface area (Å²) in [4.78, 5) is 18.5. The number of hydrogen-bond donors (Lipinski definition) is 1. The van der Waals surface area contributed by atoms with E-state index in [4.69, 9.17) is 10.5 Å². The van der Waals surface area contributed by atoms with Crippen molar-refractivity contribution in [3.8, 4) is 11.3 Å². The van der Waals surface area contributed by atoms with Crippen molar-refractivity contribution >= 4 is 11.7 Å². The molecule has 2 N–H and O–H groups in total. The van der Waals surface area contributed by atoms with Crippen LogP contribution in [0.5, 0.6) is 0 Å². The minimum atomic E-state index is -0.461. The number of hydrogen-bond acceptors (Lipinski definition) is 4. The first-order chi connectivity index (χ1) is 10.6. The van der Waals surface area contributed by atoms with Crippen molar-refractivity contribution in [3.05, 3.63) is 47.5 Å². The van der Waals surface area contributed by atoms with Crippen molar-refractivity contribution < 1.29 is 9.53 Å². The minimum absolute atomic E-state index is 0.445. The van der Waals surface area contributed by atoms with Crippen molar-refractivity contribution in [3.63, 3.8) is 0 Å². The first-order valence-corrected chi connectivity index (χ1v) is 7.36. The predicted molar refractivity (Wildman–Crippen MR) is 86.0 cm³/mol. The second kappa shape index (κ2) is 6.15. The molecule has 114 valence electrons. The molecule has 1 aliphatic rings. The fourth-order valence-electron chi connectivity index (χ4n) is 2.55. The maximum Gasteiger partial charge on any atom is 0.250 e. The van der Waals surface area contributed by atoms with E-state index < -0.39 is 5.91 Å². The lowest BCUT2D eigenvalue weighted by molar-refractivity contribution is 0.100. The lowest BCUT2D eigenvalue weighted by atomic mass is 10.0. The maximum atomic E-state index is 11.7. The van der Waals surface area contributed by atoms with Gasteiger partial charge in [-0.15, -0.1) is 0 Å². The Kier molecular flexibility index (Phi) is 4.06. The van der Waals surface area contributed by atoms with Crippen LogP contribution in [0.4, 0.5) is 5.82 Å². The van der Waals surface area contributed by atoms with Gasteiger partial charge >= 0.3 is 0 Å². The maximum absolute atomic E-state index is 11.7. The van der Waals surface area contributed by atoms with Gasteiger partial charge in [-0.25, -0.2) is 4.98 Å². The predicted octanol–water partition coefficient (Wildman–Crippen LogP) is 1.99. The van der Waals surface area contributed by atoms with Gasteiger partial charge in [0, 0.05) is 18.7 Å². The van der Waals surface area contributed by atoms with E-state index in [0.29, 0.717) is 24.5 Å². The average Bonchev–Trinajstić information content (AvgIpc) is 2.56. The first kappa shape index (κ1) is 14.5. The normalized spacial score (nSPS) is 14.9. The van der Waals surface area contributed by atoms with Crippen molar-refractivity contribution in [1.29, 1.82) is 0 Å². The fraction of sp³-hybridized carbons (Fsp3) is 0.294. The van der Waals surface area contributed by atoms with Crippen molar-refractivity contribution in [2.75, 3.05) is 31.2 Å². The number of nitrogens with zero attached hydrogens (tertiary/aromatic N) is 2. The Morgan fingerprint density at radius 3 is 2.45 bits per heavy atom. The number of anilines is 1. The molecule has 1 amide bonds. The number of amides is 1. The zero-order chi connectivity index (χ0) is 15.5. The van der Waals surface area contributed by atoms with E-state index >= 15 is 0 Å². The highest BCUT2D eigenvalue weighted by atomic mass is 16.5. The van der Waals surface area contributed by atoms with Gasteiger partial charge in [0.05, 0.1) is 24.5 Å². The second-order valence-electron chi connectivity index (χ2n) is 5.40. The van der Waals surface area contributed by atoms with E-state index in [1.807, 2.05) is 37.3 Å². The van der Waals surface area contributed by atoms with Gasteiger partial charge in [-0.2, -0.15) is 0 Å². The first-order valence-electron chi connectivity index (χ1n) is 7.36. The van der Waals surface area contributed by atoms with Gasteiger partial charge in [0.2, 0.25) is 0 Å². The van der Waals surface area contributed by atoms with E-state index in [2.05, 4.69) is 9.88 Å². The molecule has 0 spiro atoms. The molecular weight excluding hydrogens is 278 g/mol. The van der Waals surface area contributed by atoms with Crippen LogP contribution < -0.4 is 10.6 Å². The molecule has 5 heteroatoms. The molecule has 0 atom stereocenters. The smallest absolute Gasteiger partial charge is 0.250 e. The summed E-state index contributed by atoms with van der Waals surface area (Å²) in [5.74, 6) is 0.389. The number of carbonyl (C=O) groups excluding carboxylic acids is 1. The highest BCUT2D eigenvalue weighted by Gasteiger charge is 2.17. The summed E-state index contributed by atoms with van der Waals surface area (Å²) in [6.45, 7) is 5.01. The molecule has 0 unspecified atom stereocenters. The summed E-state index contributed by atoms with van der Waals surface area (Å²) in [5.41, 5.74) is 8.64. The lowest BCUT2D eigenvalue weighted by Gasteiger charge is -2.28. The molecule has 1 aliphatic heterocycles. The molecule has 2 aromatic rings. The van der Waals surface area contributed by atoms with Crippen LogP contribution in [0.2, 0.25) is 0 Å². The summed E-state index contributed by atoms with van der Waals surface area (Å²) >= 11 is 0. The quantitative estimate of drug-likeness (QED) is 0.940. The Hall–Kier alpha value is -2.40. The number of aromatic nitrogens is 1. The van der Waals surface area contributed by atoms with Crippen LogP contribution in [0.1, 0.15) is 15.9 Å². The van der Waals surface area contributed by atoms with Crippen molar-refractivity contribution in [1.82, 2.24) is 4.98 Å². The van der Waals surface area contributed by atoms with Crippen LogP contribution in [0, 0.1) is 6.92 Å². The van der Waals surface area contributed by atoms with Crippen molar-refractivity contribution in [2.45, 2.75) is 6.92 Å². The summed E-state index contributed by atoms with van der Waals surface area (Å²) in [7, 11) is 0. The summed E-state index contributed by atoms with van der Waals surface area (Å²) in [6.07, 6.45) is 0. The third kappa shape index (κ3) is 2.94. The zero-order valence-corrected chi connectivity index (χ0v) is 12.6. The Bertz CT molecular complexity index is 677. The van der Waals surface area contributed by atoms with Gasteiger partial charge in [0.1, 0.15) is 5.82 Å². The number of primary amides is 1. The van der Waals surface area contributed by atoms with Gasteiger partial charge in [0.15, 0.2) is 0 Å². The molecule has 2 heterocycles. The van der Waals surface area contributed by atoms with E-state index in [9.17, 15) is 4.79 Å². The fourth-order valence-corrected chi connectivity index (χ4v) is 2.55. The second-order valence-corrected chi connectivity index (χ2v) is 5.40. The lowest BCUT2D eigenvalue weighted by Crippen LogP contribution is -2.36. The number of benzene rings is 1. The zero-order valence-electron chi connectivity index (χ0n) is 12.6. The standard InChI is InChI=1S/C17H19N3O2/c1-12-2-4-13(5-3-12)16-14(17(18)21)6-7-15(19-16)20-8-10-22-11-9-20/h2-7H,8-11H2,1H3,(H2,18,21).